The molecule has 3 aliphatic rings. The Labute approximate surface area is 234 Å². The summed E-state index contributed by atoms with van der Waals surface area (Å²) in [7, 11) is 1.65. The van der Waals surface area contributed by atoms with E-state index in [1.165, 1.54) is 24.5 Å². The molecule has 4 heterocycles. The van der Waals surface area contributed by atoms with E-state index in [9.17, 15) is 31.9 Å². The lowest BCUT2D eigenvalue weighted by Gasteiger charge is -2.50. The van der Waals surface area contributed by atoms with E-state index < -0.39 is 48.9 Å². The number of imidazole rings is 1. The van der Waals surface area contributed by atoms with Crippen LogP contribution in [0.4, 0.5) is 22.0 Å². The number of halogens is 5. The summed E-state index contributed by atoms with van der Waals surface area (Å²) in [5.74, 6) is 0.215. The maximum absolute atomic E-state index is 13.3. The average molecular weight is 587 g/mol. The average Bonchev–Trinajstić information content (AvgIpc) is 3.44. The highest BCUT2D eigenvalue weighted by Crippen LogP contribution is 2.53. The van der Waals surface area contributed by atoms with E-state index in [0.29, 0.717) is 40.0 Å². The zero-order valence-electron chi connectivity index (χ0n) is 21.9. The second kappa shape index (κ2) is 8.67. The predicted octanol–water partition coefficient (Wildman–Crippen LogP) is 4.46. The first-order valence-electron chi connectivity index (χ1n) is 13.1. The van der Waals surface area contributed by atoms with Crippen LogP contribution in [0.15, 0.2) is 48.8 Å². The van der Waals surface area contributed by atoms with Crippen molar-refractivity contribution in [3.63, 3.8) is 0 Å². The van der Waals surface area contributed by atoms with Gasteiger partial charge in [-0.3, -0.25) is 4.79 Å². The van der Waals surface area contributed by atoms with Crippen molar-refractivity contribution in [3.8, 4) is 16.9 Å². The number of ether oxygens (including phenoxy) is 1. The molecule has 0 unspecified atom stereocenters. The van der Waals surface area contributed by atoms with Gasteiger partial charge >= 0.3 is 12.8 Å². The molecule has 1 aliphatic carbocycles. The molecule has 9 nitrogen and oxygen atoms in total. The van der Waals surface area contributed by atoms with Crippen molar-refractivity contribution in [2.75, 3.05) is 7.05 Å². The van der Waals surface area contributed by atoms with E-state index in [0.717, 1.165) is 0 Å². The van der Waals surface area contributed by atoms with Crippen LogP contribution in [-0.2, 0) is 5.54 Å². The number of nitrogens with two attached hydrogens (primary N) is 1. The van der Waals surface area contributed by atoms with Crippen molar-refractivity contribution in [1.29, 1.82) is 0 Å². The molecule has 2 aromatic carbocycles. The molecule has 2 aliphatic heterocycles. The Morgan fingerprint density at radius 2 is 1.81 bits per heavy atom. The summed E-state index contributed by atoms with van der Waals surface area (Å²) in [5, 5.41) is 9.83. The molecule has 2 aromatic heterocycles. The first kappa shape index (κ1) is 26.7. The Kier molecular flexibility index (Phi) is 5.52. The lowest BCUT2D eigenvalue weighted by Crippen LogP contribution is -2.66. The number of alkyl halides is 5. The minimum atomic E-state index is -4.80. The van der Waals surface area contributed by atoms with Crippen LogP contribution in [0.2, 0.25) is 0 Å². The topological polar surface area (TPSA) is 119 Å². The maximum Gasteiger partial charge on any atom is 0.417 e. The quantitative estimate of drug-likeness (QED) is 0.339. The molecule has 1 saturated carbocycles. The molecule has 7 rings (SSSR count). The Balaban J connectivity index is 1.28. The number of nitrogens with zero attached hydrogens (tertiary/aromatic N) is 5. The van der Waals surface area contributed by atoms with Crippen LogP contribution < -0.4 is 10.5 Å². The van der Waals surface area contributed by atoms with Gasteiger partial charge in [0, 0.05) is 55.4 Å². The van der Waals surface area contributed by atoms with Crippen molar-refractivity contribution in [2.24, 2.45) is 5.73 Å². The van der Waals surface area contributed by atoms with Gasteiger partial charge in [-0.1, -0.05) is 12.1 Å². The number of benzene rings is 2. The molecule has 2 bridgehead atoms. The van der Waals surface area contributed by atoms with Gasteiger partial charge < -0.3 is 25.0 Å². The highest BCUT2D eigenvalue weighted by molar-refractivity contribution is 5.98. The van der Waals surface area contributed by atoms with Crippen molar-refractivity contribution >= 4 is 16.9 Å². The van der Waals surface area contributed by atoms with E-state index in [1.807, 2.05) is 10.6 Å². The summed E-state index contributed by atoms with van der Waals surface area (Å²) in [6.07, 6.45) is -2.97. The number of carbonyl (C=O) groups is 1. The summed E-state index contributed by atoms with van der Waals surface area (Å²) in [4.78, 5) is 28.1. The number of carbonyl (C=O) groups excluding carboxylic acids is 1. The molecule has 0 saturated heterocycles. The van der Waals surface area contributed by atoms with Crippen molar-refractivity contribution < 1.29 is 36.6 Å². The molecule has 14 heteroatoms. The smallest absolute Gasteiger partial charge is 0.417 e. The van der Waals surface area contributed by atoms with Crippen LogP contribution in [0.25, 0.3) is 22.2 Å². The first-order valence-corrected chi connectivity index (χ1v) is 13.1. The van der Waals surface area contributed by atoms with E-state index in [1.54, 1.807) is 30.1 Å². The molecule has 1 fully saturated rings. The van der Waals surface area contributed by atoms with Crippen LogP contribution in [-0.4, -0.2) is 60.9 Å². The molecular weight excluding hydrogens is 563 g/mol. The Hall–Kier alpha value is -4.17. The van der Waals surface area contributed by atoms with Crippen LogP contribution >= 0.6 is 0 Å². The van der Waals surface area contributed by atoms with E-state index >= 15 is 0 Å². The van der Waals surface area contributed by atoms with Gasteiger partial charge in [0.2, 0.25) is 0 Å². The minimum absolute atomic E-state index is 0.00702. The van der Waals surface area contributed by atoms with Gasteiger partial charge in [0.25, 0.3) is 5.91 Å². The molecule has 1 amide bonds. The third-order valence-corrected chi connectivity index (χ3v) is 8.58. The SMILES string of the molecule is CN1C(=O)c2cccc(OC(F)F)c2[C@@H]2C[C@@H]1c1nc3ccc(-c4cnc(C5(N)CC(O)(C(F)(F)F)C5)nc4)cc3n12. The summed E-state index contributed by atoms with van der Waals surface area (Å²) < 4.78 is 72.8. The number of amides is 1. The fraction of sp³-hybridized carbons (Fsp3) is 0.357. The number of aromatic nitrogens is 4. The number of hydrogen-bond donors (Lipinski definition) is 2. The van der Waals surface area contributed by atoms with Gasteiger partial charge in [0.1, 0.15) is 17.4 Å². The standard InChI is InChI=1S/C28H23F5N6O3/c1-38-19-8-18(21-15(23(38)40)3-2-4-20(21)42-25(29)30)39-17-7-13(5-6-16(17)37-22(19)39)14-9-35-24(36-10-14)26(34)11-27(41,12-26)28(31,32)33/h2-7,9-10,18-19,25,41H,8,11-12,34H2,1H3/t18-,19+,26?,27?/m0/s1. The molecular formula is C28H23F5N6O3. The van der Waals surface area contributed by atoms with E-state index in [4.69, 9.17) is 15.5 Å². The maximum atomic E-state index is 13.3. The van der Waals surface area contributed by atoms with Crippen molar-refractivity contribution in [1.82, 2.24) is 24.4 Å². The largest absolute Gasteiger partial charge is 0.434 e. The fourth-order valence-corrected chi connectivity index (χ4v) is 6.54. The highest BCUT2D eigenvalue weighted by Gasteiger charge is 2.67. The van der Waals surface area contributed by atoms with Crippen LogP contribution in [0.5, 0.6) is 5.75 Å². The molecule has 42 heavy (non-hydrogen) atoms. The van der Waals surface area contributed by atoms with E-state index in [2.05, 4.69) is 9.97 Å². The Morgan fingerprint density at radius 3 is 2.48 bits per heavy atom. The minimum Gasteiger partial charge on any atom is -0.434 e. The third kappa shape index (κ3) is 3.74. The Bertz CT molecular complexity index is 1750. The van der Waals surface area contributed by atoms with Gasteiger partial charge in [-0.2, -0.15) is 22.0 Å². The lowest BCUT2D eigenvalue weighted by molar-refractivity contribution is -0.304. The number of fused-ring (bicyclic) bond motifs is 9. The second-order valence-corrected chi connectivity index (χ2v) is 11.2. The summed E-state index contributed by atoms with van der Waals surface area (Å²) in [5.41, 5.74) is 4.88. The lowest BCUT2D eigenvalue weighted by atomic mass is 9.64. The number of rotatable bonds is 4. The van der Waals surface area contributed by atoms with Gasteiger partial charge in [0.05, 0.1) is 28.7 Å². The zero-order valence-corrected chi connectivity index (χ0v) is 21.9. The fourth-order valence-electron chi connectivity index (χ4n) is 6.54. The molecule has 3 N–H and O–H groups in total. The van der Waals surface area contributed by atoms with Crippen molar-refractivity contribution in [2.45, 2.75) is 55.3 Å². The van der Waals surface area contributed by atoms with Gasteiger partial charge in [-0.05, 0) is 29.8 Å². The van der Waals surface area contributed by atoms with Crippen LogP contribution in [0.1, 0.15) is 58.9 Å². The van der Waals surface area contributed by atoms with Gasteiger partial charge in [0.15, 0.2) is 5.60 Å². The molecule has 0 spiro atoms. The molecule has 2 atom stereocenters. The summed E-state index contributed by atoms with van der Waals surface area (Å²) in [6, 6.07) is 9.01. The zero-order chi connectivity index (χ0) is 29.8. The number of hydrogen-bond acceptors (Lipinski definition) is 7. The summed E-state index contributed by atoms with van der Waals surface area (Å²) >= 11 is 0. The summed E-state index contributed by atoms with van der Waals surface area (Å²) in [6.45, 7) is -3.08. The first-order chi connectivity index (χ1) is 19.8. The normalized spacial score (nSPS) is 26.7. The third-order valence-electron chi connectivity index (χ3n) is 8.58. The van der Waals surface area contributed by atoms with Crippen LogP contribution in [0.3, 0.4) is 0 Å². The Morgan fingerprint density at radius 1 is 1.10 bits per heavy atom. The van der Waals surface area contributed by atoms with Crippen molar-refractivity contribution in [3.05, 3.63) is 71.6 Å². The van der Waals surface area contributed by atoms with Gasteiger partial charge in [-0.25, -0.2) is 15.0 Å². The second-order valence-electron chi connectivity index (χ2n) is 11.2. The van der Waals surface area contributed by atoms with Crippen LogP contribution in [0, 0.1) is 0 Å². The number of aliphatic hydroxyl groups is 1. The predicted molar refractivity (Wildman–Crippen MR) is 138 cm³/mol. The highest BCUT2D eigenvalue weighted by atomic mass is 19.4. The molecule has 4 aromatic rings. The molecule has 218 valence electrons. The van der Waals surface area contributed by atoms with E-state index in [-0.39, 0.29) is 23.0 Å². The van der Waals surface area contributed by atoms with Gasteiger partial charge in [-0.15, -0.1) is 0 Å². The molecule has 0 radical (unpaired) electrons. The monoisotopic (exact) mass is 586 g/mol.